The molecule has 1 saturated heterocycles. The minimum atomic E-state index is -0.931. The zero-order valence-corrected chi connectivity index (χ0v) is 16.5. The van der Waals surface area contributed by atoms with E-state index in [1.165, 1.54) is 12.1 Å². The SMILES string of the molecule is CC(C)Oc1ccc(C(=O)OCC(=O)NN2C(=O)NC3(CCCCC3)C2=O)cc1. The molecule has 1 heterocycles. The van der Waals surface area contributed by atoms with Gasteiger partial charge in [0.25, 0.3) is 11.8 Å². The first-order valence-corrected chi connectivity index (χ1v) is 9.71. The van der Waals surface area contributed by atoms with E-state index in [0.717, 1.165) is 19.3 Å². The summed E-state index contributed by atoms with van der Waals surface area (Å²) in [4.78, 5) is 48.9. The summed E-state index contributed by atoms with van der Waals surface area (Å²) in [6, 6.07) is 5.66. The fourth-order valence-electron chi connectivity index (χ4n) is 3.53. The lowest BCUT2D eigenvalue weighted by Crippen LogP contribution is -2.51. The van der Waals surface area contributed by atoms with Gasteiger partial charge in [-0.1, -0.05) is 19.3 Å². The molecule has 156 valence electrons. The summed E-state index contributed by atoms with van der Waals surface area (Å²) in [7, 11) is 0. The average Bonchev–Trinajstić information content (AvgIpc) is 2.90. The Balaban J connectivity index is 1.51. The van der Waals surface area contributed by atoms with Gasteiger partial charge in [-0.3, -0.25) is 15.0 Å². The third-order valence-corrected chi connectivity index (χ3v) is 4.90. The van der Waals surface area contributed by atoms with Crippen molar-refractivity contribution < 1.29 is 28.7 Å². The van der Waals surface area contributed by atoms with Gasteiger partial charge in [-0.15, -0.1) is 0 Å². The summed E-state index contributed by atoms with van der Waals surface area (Å²) in [5.41, 5.74) is 1.55. The summed E-state index contributed by atoms with van der Waals surface area (Å²) in [6.45, 7) is 3.16. The second-order valence-electron chi connectivity index (χ2n) is 7.52. The second-order valence-corrected chi connectivity index (χ2v) is 7.52. The molecular formula is C20H25N3O6. The molecule has 1 aromatic rings. The van der Waals surface area contributed by atoms with Crippen molar-refractivity contribution in [2.45, 2.75) is 57.6 Å². The lowest BCUT2D eigenvalue weighted by molar-refractivity contribution is -0.140. The Morgan fingerprint density at radius 3 is 2.41 bits per heavy atom. The highest BCUT2D eigenvalue weighted by Crippen LogP contribution is 2.32. The van der Waals surface area contributed by atoms with Crippen LogP contribution in [0.15, 0.2) is 24.3 Å². The second kappa shape index (κ2) is 8.50. The van der Waals surface area contributed by atoms with Crippen molar-refractivity contribution in [1.82, 2.24) is 15.8 Å². The van der Waals surface area contributed by atoms with E-state index in [-0.39, 0.29) is 11.7 Å². The normalized spacial score (nSPS) is 18.0. The first-order chi connectivity index (χ1) is 13.8. The van der Waals surface area contributed by atoms with E-state index in [4.69, 9.17) is 9.47 Å². The minimum Gasteiger partial charge on any atom is -0.491 e. The molecular weight excluding hydrogens is 378 g/mol. The minimum absolute atomic E-state index is 0.00902. The Kier molecular flexibility index (Phi) is 6.05. The van der Waals surface area contributed by atoms with E-state index in [1.807, 2.05) is 13.8 Å². The smallest absolute Gasteiger partial charge is 0.344 e. The standard InChI is InChI=1S/C20H25N3O6/c1-13(2)29-15-8-6-14(7-9-15)17(25)28-12-16(24)22-23-18(26)20(21-19(23)27)10-4-3-5-11-20/h6-9,13H,3-5,10-12H2,1-2H3,(H,21,27)(H,22,24). The molecule has 1 spiro atoms. The maximum absolute atomic E-state index is 12.6. The van der Waals surface area contributed by atoms with Gasteiger partial charge in [0.1, 0.15) is 11.3 Å². The zero-order chi connectivity index (χ0) is 21.0. The number of imide groups is 1. The van der Waals surface area contributed by atoms with Gasteiger partial charge in [0.15, 0.2) is 6.61 Å². The number of rotatable bonds is 6. The van der Waals surface area contributed by atoms with E-state index in [0.29, 0.717) is 23.6 Å². The van der Waals surface area contributed by atoms with E-state index in [9.17, 15) is 19.2 Å². The fraction of sp³-hybridized carbons (Fsp3) is 0.500. The van der Waals surface area contributed by atoms with Crippen LogP contribution in [0.25, 0.3) is 0 Å². The lowest BCUT2D eigenvalue weighted by atomic mass is 9.82. The molecule has 2 N–H and O–H groups in total. The Bertz CT molecular complexity index is 799. The Morgan fingerprint density at radius 1 is 1.14 bits per heavy atom. The van der Waals surface area contributed by atoms with Crippen LogP contribution in [0.1, 0.15) is 56.3 Å². The molecule has 2 aliphatic rings. The van der Waals surface area contributed by atoms with Crippen molar-refractivity contribution in [2.24, 2.45) is 0 Å². The molecule has 1 aliphatic heterocycles. The average molecular weight is 403 g/mol. The lowest BCUT2D eigenvalue weighted by Gasteiger charge is -2.30. The van der Waals surface area contributed by atoms with Crippen molar-refractivity contribution in [2.75, 3.05) is 6.61 Å². The van der Waals surface area contributed by atoms with E-state index >= 15 is 0 Å². The Hall–Kier alpha value is -3.10. The molecule has 9 heteroatoms. The highest BCUT2D eigenvalue weighted by Gasteiger charge is 2.52. The molecule has 0 bridgehead atoms. The van der Waals surface area contributed by atoms with Crippen LogP contribution in [0.2, 0.25) is 0 Å². The molecule has 0 unspecified atom stereocenters. The third-order valence-electron chi connectivity index (χ3n) is 4.90. The topological polar surface area (TPSA) is 114 Å². The van der Waals surface area contributed by atoms with Gasteiger partial charge >= 0.3 is 12.0 Å². The number of hydrogen-bond acceptors (Lipinski definition) is 6. The summed E-state index contributed by atoms with van der Waals surface area (Å²) in [5.74, 6) is -1.32. The Morgan fingerprint density at radius 2 is 1.79 bits per heavy atom. The predicted octanol–water partition coefficient (Wildman–Crippen LogP) is 1.92. The van der Waals surface area contributed by atoms with E-state index in [2.05, 4.69) is 10.7 Å². The van der Waals surface area contributed by atoms with Gasteiger partial charge in [-0.05, 0) is 51.0 Å². The summed E-state index contributed by atoms with van der Waals surface area (Å²) in [6.07, 6.45) is 3.80. The number of amides is 4. The number of esters is 1. The van der Waals surface area contributed by atoms with Crippen molar-refractivity contribution in [1.29, 1.82) is 0 Å². The highest BCUT2D eigenvalue weighted by molar-refractivity contribution is 6.08. The first-order valence-electron chi connectivity index (χ1n) is 9.71. The van der Waals surface area contributed by atoms with Crippen molar-refractivity contribution in [3.8, 4) is 5.75 Å². The molecule has 1 saturated carbocycles. The quantitative estimate of drug-likeness (QED) is 0.554. The number of hydrogen-bond donors (Lipinski definition) is 2. The maximum atomic E-state index is 12.6. The van der Waals surface area contributed by atoms with Crippen LogP contribution < -0.4 is 15.5 Å². The molecule has 0 atom stereocenters. The van der Waals surface area contributed by atoms with Crippen LogP contribution in [0.3, 0.4) is 0 Å². The molecule has 9 nitrogen and oxygen atoms in total. The number of ether oxygens (including phenoxy) is 2. The largest absolute Gasteiger partial charge is 0.491 e. The number of hydrazine groups is 1. The predicted molar refractivity (Wildman–Crippen MR) is 102 cm³/mol. The molecule has 1 aromatic carbocycles. The monoisotopic (exact) mass is 403 g/mol. The van der Waals surface area contributed by atoms with Gasteiger partial charge in [-0.25, -0.2) is 9.59 Å². The number of benzene rings is 1. The van der Waals surface area contributed by atoms with Gasteiger partial charge in [0.2, 0.25) is 0 Å². The molecule has 2 fully saturated rings. The molecule has 29 heavy (non-hydrogen) atoms. The van der Waals surface area contributed by atoms with Crippen LogP contribution in [0, 0.1) is 0 Å². The van der Waals surface area contributed by atoms with Crippen LogP contribution in [0.4, 0.5) is 4.79 Å². The first kappa shape index (κ1) is 20.6. The molecule has 3 rings (SSSR count). The number of urea groups is 1. The summed E-state index contributed by atoms with van der Waals surface area (Å²) in [5, 5.41) is 3.37. The van der Waals surface area contributed by atoms with E-state index < -0.39 is 36.0 Å². The summed E-state index contributed by atoms with van der Waals surface area (Å²) < 4.78 is 10.5. The van der Waals surface area contributed by atoms with Crippen molar-refractivity contribution >= 4 is 23.8 Å². The van der Waals surface area contributed by atoms with Crippen LogP contribution >= 0.6 is 0 Å². The number of nitrogens with zero attached hydrogens (tertiary/aromatic N) is 1. The zero-order valence-electron chi connectivity index (χ0n) is 16.5. The van der Waals surface area contributed by atoms with E-state index in [1.54, 1.807) is 12.1 Å². The molecule has 0 aromatic heterocycles. The molecule has 0 radical (unpaired) electrons. The summed E-state index contributed by atoms with van der Waals surface area (Å²) >= 11 is 0. The van der Waals surface area contributed by atoms with Crippen LogP contribution in [-0.4, -0.2) is 47.1 Å². The maximum Gasteiger partial charge on any atom is 0.344 e. The van der Waals surface area contributed by atoms with Gasteiger partial charge in [-0.2, -0.15) is 5.01 Å². The van der Waals surface area contributed by atoms with Gasteiger partial charge < -0.3 is 14.8 Å². The molecule has 4 amide bonds. The number of carbonyl (C=O) groups is 4. The van der Waals surface area contributed by atoms with Gasteiger partial charge in [0.05, 0.1) is 11.7 Å². The molecule has 1 aliphatic carbocycles. The Labute approximate surface area is 168 Å². The third kappa shape index (κ3) is 4.67. The van der Waals surface area contributed by atoms with Crippen molar-refractivity contribution in [3.05, 3.63) is 29.8 Å². The van der Waals surface area contributed by atoms with Crippen LogP contribution in [-0.2, 0) is 14.3 Å². The van der Waals surface area contributed by atoms with Gasteiger partial charge in [0, 0.05) is 0 Å². The number of carbonyl (C=O) groups excluding carboxylic acids is 4. The highest BCUT2D eigenvalue weighted by atomic mass is 16.5. The fourth-order valence-corrected chi connectivity index (χ4v) is 3.53. The van der Waals surface area contributed by atoms with Crippen LogP contribution in [0.5, 0.6) is 5.75 Å². The van der Waals surface area contributed by atoms with Crippen molar-refractivity contribution in [3.63, 3.8) is 0 Å². The number of nitrogens with one attached hydrogen (secondary N) is 2.